The van der Waals surface area contributed by atoms with Crippen molar-refractivity contribution in [1.29, 1.82) is 0 Å². The van der Waals surface area contributed by atoms with Crippen LogP contribution in [0.5, 0.6) is 5.75 Å². The van der Waals surface area contributed by atoms with Crippen LogP contribution in [0, 0.1) is 13.8 Å². The number of nitrogens with zero attached hydrogens (tertiary/aromatic N) is 1. The van der Waals surface area contributed by atoms with Crippen molar-refractivity contribution in [3.63, 3.8) is 0 Å². The number of hydrogen-bond donors (Lipinski definition) is 1. The summed E-state index contributed by atoms with van der Waals surface area (Å²) in [5, 5.41) is 11.6. The zero-order valence-corrected chi connectivity index (χ0v) is 13.8. The molecule has 2 aliphatic heterocycles. The summed E-state index contributed by atoms with van der Waals surface area (Å²) < 4.78 is 5.96. The Morgan fingerprint density at radius 1 is 1.33 bits per heavy atom. The second-order valence-corrected chi connectivity index (χ2v) is 6.83. The number of benzene rings is 1. The van der Waals surface area contributed by atoms with E-state index in [2.05, 4.69) is 11.8 Å². The number of piperidine rings is 1. The van der Waals surface area contributed by atoms with E-state index in [0.29, 0.717) is 12.6 Å². The van der Waals surface area contributed by atoms with Gasteiger partial charge >= 0.3 is 0 Å². The van der Waals surface area contributed by atoms with Crippen molar-refractivity contribution >= 4 is 11.6 Å². The molecule has 1 aromatic carbocycles. The molecule has 1 fully saturated rings. The predicted octanol–water partition coefficient (Wildman–Crippen LogP) is 3.63. The van der Waals surface area contributed by atoms with Gasteiger partial charge in [0.25, 0.3) is 0 Å². The van der Waals surface area contributed by atoms with Gasteiger partial charge in [-0.15, -0.1) is 0 Å². The van der Waals surface area contributed by atoms with Crippen LogP contribution in [-0.2, 0) is 0 Å². The molecule has 116 valence electrons. The number of rotatable bonds is 1. The first kappa shape index (κ1) is 15.1. The molecule has 0 bridgehead atoms. The maximum absolute atomic E-state index is 10.9. The van der Waals surface area contributed by atoms with Crippen LogP contribution < -0.4 is 4.74 Å². The molecule has 0 spiro atoms. The zero-order valence-electron chi connectivity index (χ0n) is 13.0. The Morgan fingerprint density at radius 3 is 2.81 bits per heavy atom. The van der Waals surface area contributed by atoms with E-state index in [1.165, 1.54) is 19.3 Å². The van der Waals surface area contributed by atoms with Gasteiger partial charge in [0.05, 0.1) is 6.04 Å². The Hall–Kier alpha value is -0.770. The SMILES string of the molecule is Cc1cc2c(c(C)c1Cl)C(O)C(N1CCCCC1C)CO2. The Balaban J connectivity index is 1.95. The number of fused-ring (bicyclic) bond motifs is 1. The molecule has 3 atom stereocenters. The first-order valence-corrected chi connectivity index (χ1v) is 8.24. The highest BCUT2D eigenvalue weighted by Crippen LogP contribution is 2.41. The van der Waals surface area contributed by atoms with Crippen molar-refractivity contribution in [2.45, 2.75) is 58.2 Å². The summed E-state index contributed by atoms with van der Waals surface area (Å²) >= 11 is 6.36. The Kier molecular flexibility index (Phi) is 4.17. The molecule has 21 heavy (non-hydrogen) atoms. The molecule has 2 heterocycles. The highest BCUT2D eigenvalue weighted by atomic mass is 35.5. The molecule has 1 saturated heterocycles. The van der Waals surface area contributed by atoms with Gasteiger partial charge < -0.3 is 9.84 Å². The summed E-state index contributed by atoms with van der Waals surface area (Å²) in [7, 11) is 0. The molecule has 0 radical (unpaired) electrons. The summed E-state index contributed by atoms with van der Waals surface area (Å²) in [5.74, 6) is 0.794. The van der Waals surface area contributed by atoms with E-state index in [0.717, 1.165) is 34.0 Å². The largest absolute Gasteiger partial charge is 0.491 e. The van der Waals surface area contributed by atoms with Crippen LogP contribution in [-0.4, -0.2) is 35.2 Å². The van der Waals surface area contributed by atoms with Crippen LogP contribution in [0.4, 0.5) is 0 Å². The van der Waals surface area contributed by atoms with E-state index in [9.17, 15) is 5.11 Å². The summed E-state index contributed by atoms with van der Waals surface area (Å²) in [6, 6.07) is 2.49. The van der Waals surface area contributed by atoms with Crippen molar-refractivity contribution in [1.82, 2.24) is 4.90 Å². The maximum atomic E-state index is 10.9. The predicted molar refractivity (Wildman–Crippen MR) is 85.2 cm³/mol. The fourth-order valence-corrected chi connectivity index (χ4v) is 3.93. The molecule has 0 amide bonds. The molecule has 4 heteroatoms. The number of likely N-dealkylation sites (tertiary alicyclic amines) is 1. The van der Waals surface area contributed by atoms with Gasteiger partial charge in [-0.3, -0.25) is 4.90 Å². The van der Waals surface area contributed by atoms with Crippen LogP contribution in [0.25, 0.3) is 0 Å². The number of aliphatic hydroxyl groups excluding tert-OH is 1. The Bertz CT molecular complexity index is 546. The summed E-state index contributed by atoms with van der Waals surface area (Å²) in [5.41, 5.74) is 2.83. The number of halogens is 1. The van der Waals surface area contributed by atoms with E-state index >= 15 is 0 Å². The van der Waals surface area contributed by atoms with Crippen LogP contribution in [0.2, 0.25) is 5.02 Å². The number of hydrogen-bond acceptors (Lipinski definition) is 3. The molecule has 0 aliphatic carbocycles. The lowest BCUT2D eigenvalue weighted by atomic mass is 9.90. The lowest BCUT2D eigenvalue weighted by Crippen LogP contribution is -2.51. The van der Waals surface area contributed by atoms with Gasteiger partial charge in [0.2, 0.25) is 0 Å². The lowest BCUT2D eigenvalue weighted by molar-refractivity contribution is -0.0249. The minimum Gasteiger partial charge on any atom is -0.491 e. The number of ether oxygens (including phenoxy) is 1. The zero-order chi connectivity index (χ0) is 15.1. The third-order valence-electron chi connectivity index (χ3n) is 5.04. The molecule has 2 aliphatic rings. The topological polar surface area (TPSA) is 32.7 Å². The molecule has 0 saturated carbocycles. The number of aliphatic hydroxyl groups is 1. The van der Waals surface area contributed by atoms with E-state index in [1.54, 1.807) is 0 Å². The monoisotopic (exact) mass is 309 g/mol. The highest BCUT2D eigenvalue weighted by Gasteiger charge is 2.38. The minimum absolute atomic E-state index is 0.0327. The average molecular weight is 310 g/mol. The molecule has 3 unspecified atom stereocenters. The molecule has 1 aromatic rings. The van der Waals surface area contributed by atoms with Crippen molar-refractivity contribution < 1.29 is 9.84 Å². The fraction of sp³-hybridized carbons (Fsp3) is 0.647. The van der Waals surface area contributed by atoms with Crippen molar-refractivity contribution in [2.75, 3.05) is 13.2 Å². The van der Waals surface area contributed by atoms with E-state index in [4.69, 9.17) is 16.3 Å². The van der Waals surface area contributed by atoms with Crippen LogP contribution in [0.3, 0.4) is 0 Å². The molecule has 1 N–H and O–H groups in total. The first-order chi connectivity index (χ1) is 10.0. The van der Waals surface area contributed by atoms with Crippen LogP contribution in [0.1, 0.15) is 49.0 Å². The smallest absolute Gasteiger partial charge is 0.125 e. The van der Waals surface area contributed by atoms with Gasteiger partial charge in [-0.25, -0.2) is 0 Å². The first-order valence-electron chi connectivity index (χ1n) is 7.87. The standard InChI is InChI=1S/C17H24ClNO2/c1-10-8-14-15(12(3)16(10)18)17(20)13(9-21-14)19-7-5-4-6-11(19)2/h8,11,13,17,20H,4-7,9H2,1-3H3. The molecule has 3 rings (SSSR count). The van der Waals surface area contributed by atoms with Gasteiger partial charge in [-0.1, -0.05) is 18.0 Å². The Morgan fingerprint density at radius 2 is 2.10 bits per heavy atom. The van der Waals surface area contributed by atoms with Gasteiger partial charge in [0.15, 0.2) is 0 Å². The third-order valence-corrected chi connectivity index (χ3v) is 5.62. The van der Waals surface area contributed by atoms with Gasteiger partial charge in [-0.2, -0.15) is 0 Å². The third kappa shape index (κ3) is 2.56. The van der Waals surface area contributed by atoms with E-state index in [-0.39, 0.29) is 6.04 Å². The van der Waals surface area contributed by atoms with Crippen LogP contribution in [0.15, 0.2) is 6.07 Å². The van der Waals surface area contributed by atoms with E-state index in [1.807, 2.05) is 19.9 Å². The number of aryl methyl sites for hydroxylation is 1. The van der Waals surface area contributed by atoms with Gasteiger partial charge in [0.1, 0.15) is 18.5 Å². The summed E-state index contributed by atoms with van der Waals surface area (Å²) in [4.78, 5) is 2.41. The minimum atomic E-state index is -0.521. The molecular formula is C17H24ClNO2. The van der Waals surface area contributed by atoms with E-state index < -0.39 is 6.10 Å². The van der Waals surface area contributed by atoms with Crippen molar-refractivity contribution in [3.05, 3.63) is 27.8 Å². The van der Waals surface area contributed by atoms with Gasteiger partial charge in [-0.05, 0) is 57.4 Å². The average Bonchev–Trinajstić information content (AvgIpc) is 2.46. The maximum Gasteiger partial charge on any atom is 0.125 e. The van der Waals surface area contributed by atoms with Crippen molar-refractivity contribution in [3.8, 4) is 5.75 Å². The second kappa shape index (κ2) is 5.79. The molecule has 3 nitrogen and oxygen atoms in total. The normalized spacial score (nSPS) is 29.9. The highest BCUT2D eigenvalue weighted by molar-refractivity contribution is 6.32. The quantitative estimate of drug-likeness (QED) is 0.860. The second-order valence-electron chi connectivity index (χ2n) is 6.45. The lowest BCUT2D eigenvalue weighted by Gasteiger charge is -2.44. The van der Waals surface area contributed by atoms with Crippen LogP contribution >= 0.6 is 11.6 Å². The Labute approximate surface area is 131 Å². The molecule has 0 aromatic heterocycles. The molecular weight excluding hydrogens is 286 g/mol. The summed E-state index contributed by atoms with van der Waals surface area (Å²) in [6.45, 7) is 7.79. The summed E-state index contributed by atoms with van der Waals surface area (Å²) in [6.07, 6.45) is 3.16. The fourth-order valence-electron chi connectivity index (χ4n) is 3.77. The van der Waals surface area contributed by atoms with Gasteiger partial charge in [0, 0.05) is 16.6 Å². The van der Waals surface area contributed by atoms with Crippen molar-refractivity contribution in [2.24, 2.45) is 0 Å².